The lowest BCUT2D eigenvalue weighted by molar-refractivity contribution is -0.274. The van der Waals surface area contributed by atoms with Crippen LogP contribution in [0.1, 0.15) is 54.4 Å². The summed E-state index contributed by atoms with van der Waals surface area (Å²) in [7, 11) is 0. The number of rotatable bonds is 8. The molecule has 0 heterocycles. The van der Waals surface area contributed by atoms with Crippen molar-refractivity contribution in [3.63, 3.8) is 0 Å². The van der Waals surface area contributed by atoms with Crippen LogP contribution < -0.4 is 14.8 Å². The highest BCUT2D eigenvalue weighted by Crippen LogP contribution is 2.66. The van der Waals surface area contributed by atoms with Crippen LogP contribution in [-0.2, 0) is 11.4 Å². The Hall–Kier alpha value is -3.50. The summed E-state index contributed by atoms with van der Waals surface area (Å²) in [6.07, 6.45) is -1.93. The van der Waals surface area contributed by atoms with Gasteiger partial charge < -0.3 is 25.0 Å². The van der Waals surface area contributed by atoms with Crippen LogP contribution in [0.3, 0.4) is 0 Å². The molecule has 42 heavy (non-hydrogen) atoms. The molecule has 0 spiro atoms. The summed E-state index contributed by atoms with van der Waals surface area (Å²) in [5, 5.41) is 25.7. The molecule has 4 aliphatic rings. The number of aliphatic carboxylic acids is 1. The molecule has 5 atom stereocenters. The highest BCUT2D eigenvalue weighted by atomic mass is 35.5. The number of hydrogen-bond acceptors (Lipinski definition) is 5. The number of carbonyl (C=O) groups excluding carboxylic acids is 1. The summed E-state index contributed by atoms with van der Waals surface area (Å²) >= 11 is 6.89. The number of nitrogens with one attached hydrogen (secondary N) is 1. The predicted molar refractivity (Wildman–Crippen MR) is 147 cm³/mol. The molecule has 4 bridgehead atoms. The van der Waals surface area contributed by atoms with Gasteiger partial charge in [-0.25, -0.2) is 4.79 Å². The standard InChI is InChI=1S/C31H29ClF3NO6/c32-29-12-19-11-28(15-29,16-30(40,13-19)17-29)25(27(38)39)36-26(37)23-10-7-20-3-1-2-4-22(20)24(23)41-14-18-5-8-21(9-6-18)42-31(33,34)35/h1-10,19,25,40H,11-17H2,(H,36,37)(H,38,39)/t19?,25-,28?,29?,30?/m1/s1. The van der Waals surface area contributed by atoms with Gasteiger partial charge in [0.2, 0.25) is 0 Å². The second kappa shape index (κ2) is 10.1. The van der Waals surface area contributed by atoms with E-state index in [0.29, 0.717) is 43.1 Å². The number of halogens is 4. The van der Waals surface area contributed by atoms with E-state index >= 15 is 0 Å². The van der Waals surface area contributed by atoms with Crippen LogP contribution in [-0.4, -0.2) is 45.0 Å². The first kappa shape index (κ1) is 28.6. The minimum atomic E-state index is -4.81. The van der Waals surface area contributed by atoms with Crippen molar-refractivity contribution in [2.75, 3.05) is 0 Å². The van der Waals surface area contributed by atoms with Crippen molar-refractivity contribution in [3.05, 3.63) is 71.8 Å². The maximum atomic E-state index is 13.8. The average Bonchev–Trinajstić information content (AvgIpc) is 2.87. The molecule has 11 heteroatoms. The first-order valence-corrected chi connectivity index (χ1v) is 14.1. The Kier molecular flexibility index (Phi) is 6.85. The van der Waals surface area contributed by atoms with Gasteiger partial charge in [0.15, 0.2) is 0 Å². The summed E-state index contributed by atoms with van der Waals surface area (Å²) in [6, 6.07) is 14.4. The van der Waals surface area contributed by atoms with E-state index in [1.54, 1.807) is 24.3 Å². The molecule has 4 fully saturated rings. The van der Waals surface area contributed by atoms with Crippen LogP contribution >= 0.6 is 11.6 Å². The lowest BCUT2D eigenvalue weighted by atomic mass is 9.45. The summed E-state index contributed by atoms with van der Waals surface area (Å²) in [6.45, 7) is -0.0731. The smallest absolute Gasteiger partial charge is 0.487 e. The van der Waals surface area contributed by atoms with Crippen molar-refractivity contribution in [1.82, 2.24) is 5.32 Å². The van der Waals surface area contributed by atoms with Gasteiger partial charge >= 0.3 is 12.3 Å². The number of aliphatic hydroxyl groups is 1. The normalized spacial score (nSPS) is 28.8. The highest BCUT2D eigenvalue weighted by molar-refractivity contribution is 6.24. The summed E-state index contributed by atoms with van der Waals surface area (Å²) in [4.78, 5) is 25.8. The molecular weight excluding hydrogens is 575 g/mol. The van der Waals surface area contributed by atoms with Gasteiger partial charge in [0.1, 0.15) is 24.1 Å². The topological polar surface area (TPSA) is 105 Å². The van der Waals surface area contributed by atoms with E-state index < -0.39 is 40.2 Å². The molecule has 1 amide bonds. The Morgan fingerprint density at radius 2 is 1.74 bits per heavy atom. The molecule has 3 aromatic rings. The second-order valence-corrected chi connectivity index (χ2v) is 12.9. The molecule has 3 aromatic carbocycles. The second-order valence-electron chi connectivity index (χ2n) is 12.1. The molecule has 4 unspecified atom stereocenters. The van der Waals surface area contributed by atoms with Gasteiger partial charge in [-0.2, -0.15) is 0 Å². The fourth-order valence-corrected chi connectivity index (χ4v) is 8.60. The number of carboxylic acid groups (broad SMARTS) is 1. The number of ether oxygens (including phenoxy) is 2. The number of amides is 1. The van der Waals surface area contributed by atoms with E-state index in [4.69, 9.17) is 16.3 Å². The van der Waals surface area contributed by atoms with Crippen LogP contribution in [0.5, 0.6) is 11.5 Å². The molecule has 222 valence electrons. The van der Waals surface area contributed by atoms with Crippen LogP contribution in [0.4, 0.5) is 13.2 Å². The molecule has 0 aliphatic heterocycles. The zero-order chi connectivity index (χ0) is 29.9. The minimum absolute atomic E-state index is 0.0731. The van der Waals surface area contributed by atoms with Crippen molar-refractivity contribution >= 4 is 34.2 Å². The maximum absolute atomic E-state index is 13.8. The van der Waals surface area contributed by atoms with Gasteiger partial charge in [-0.3, -0.25) is 4.79 Å². The SMILES string of the molecule is O=C(N[C@H](C(=O)O)C12CC3CC(O)(CC(Cl)(C3)C1)C2)c1ccc2ccccc2c1OCc1ccc(OC(F)(F)F)cc1. The minimum Gasteiger partial charge on any atom is -0.487 e. The molecule has 7 rings (SSSR count). The Morgan fingerprint density at radius 3 is 2.40 bits per heavy atom. The zero-order valence-corrected chi connectivity index (χ0v) is 23.2. The molecular formula is C31H29ClF3NO6. The van der Waals surface area contributed by atoms with E-state index in [2.05, 4.69) is 10.1 Å². The quantitative estimate of drug-likeness (QED) is 0.265. The Morgan fingerprint density at radius 1 is 1.00 bits per heavy atom. The third-order valence-electron chi connectivity index (χ3n) is 8.81. The summed E-state index contributed by atoms with van der Waals surface area (Å²) in [5.41, 5.74) is -1.31. The first-order chi connectivity index (χ1) is 19.8. The van der Waals surface area contributed by atoms with Gasteiger partial charge in [-0.05, 0) is 73.6 Å². The predicted octanol–water partition coefficient (Wildman–Crippen LogP) is 6.19. The lowest BCUT2D eigenvalue weighted by Crippen LogP contribution is -2.67. The number of hydrogen-bond donors (Lipinski definition) is 3. The highest BCUT2D eigenvalue weighted by Gasteiger charge is 2.66. The summed E-state index contributed by atoms with van der Waals surface area (Å²) < 4.78 is 47.6. The van der Waals surface area contributed by atoms with Gasteiger partial charge in [-0.1, -0.05) is 42.5 Å². The van der Waals surface area contributed by atoms with E-state index in [1.165, 1.54) is 24.3 Å². The Bertz CT molecular complexity index is 1530. The van der Waals surface area contributed by atoms with Crippen LogP contribution in [0.2, 0.25) is 0 Å². The van der Waals surface area contributed by atoms with E-state index in [9.17, 15) is 33.0 Å². The molecule has 4 aliphatic carbocycles. The van der Waals surface area contributed by atoms with Crippen LogP contribution in [0.25, 0.3) is 10.8 Å². The zero-order valence-electron chi connectivity index (χ0n) is 22.4. The Labute approximate surface area is 244 Å². The number of fused-ring (bicyclic) bond motifs is 1. The third-order valence-corrected chi connectivity index (χ3v) is 9.23. The largest absolute Gasteiger partial charge is 0.573 e. The van der Waals surface area contributed by atoms with Crippen molar-refractivity contribution in [2.45, 2.75) is 68.0 Å². The van der Waals surface area contributed by atoms with Crippen LogP contribution in [0, 0.1) is 11.3 Å². The molecule has 3 N–H and O–H groups in total. The van der Waals surface area contributed by atoms with Crippen molar-refractivity contribution in [2.24, 2.45) is 11.3 Å². The molecule has 7 nitrogen and oxygen atoms in total. The van der Waals surface area contributed by atoms with Gasteiger partial charge in [-0.15, -0.1) is 24.8 Å². The van der Waals surface area contributed by atoms with Crippen molar-refractivity contribution in [3.8, 4) is 11.5 Å². The summed E-state index contributed by atoms with van der Waals surface area (Å²) in [5.74, 6) is -1.93. The maximum Gasteiger partial charge on any atom is 0.573 e. The molecule has 0 saturated heterocycles. The first-order valence-electron chi connectivity index (χ1n) is 13.7. The lowest BCUT2D eigenvalue weighted by Gasteiger charge is -2.64. The van der Waals surface area contributed by atoms with Gasteiger partial charge in [0.25, 0.3) is 5.91 Å². The Balaban J connectivity index is 1.28. The number of carboxylic acids is 1. The number of carbonyl (C=O) groups is 2. The number of benzene rings is 3. The van der Waals surface area contributed by atoms with E-state index in [-0.39, 0.29) is 36.0 Å². The van der Waals surface area contributed by atoms with E-state index in [1.807, 2.05) is 12.1 Å². The third kappa shape index (κ3) is 5.49. The van der Waals surface area contributed by atoms with Gasteiger partial charge in [0, 0.05) is 15.7 Å². The van der Waals surface area contributed by atoms with Crippen molar-refractivity contribution < 1.29 is 42.4 Å². The molecule has 0 radical (unpaired) electrons. The van der Waals surface area contributed by atoms with Crippen molar-refractivity contribution in [1.29, 1.82) is 0 Å². The van der Waals surface area contributed by atoms with Crippen LogP contribution in [0.15, 0.2) is 60.7 Å². The van der Waals surface area contributed by atoms with Gasteiger partial charge in [0.05, 0.1) is 11.2 Å². The number of alkyl halides is 4. The molecule has 4 saturated carbocycles. The van der Waals surface area contributed by atoms with E-state index in [0.717, 1.165) is 5.39 Å². The fraction of sp³-hybridized carbons (Fsp3) is 0.419. The molecule has 0 aromatic heterocycles. The monoisotopic (exact) mass is 603 g/mol. The average molecular weight is 604 g/mol. The fourth-order valence-electron chi connectivity index (χ4n) is 7.87.